The fraction of sp³-hybridized carbons (Fsp3) is 0.412. The molecule has 0 unspecified atom stereocenters. The predicted octanol–water partition coefficient (Wildman–Crippen LogP) is 1.89. The van der Waals surface area contributed by atoms with E-state index in [4.69, 9.17) is 9.26 Å². The van der Waals surface area contributed by atoms with Crippen molar-refractivity contribution < 1.29 is 24.0 Å². The van der Waals surface area contributed by atoms with Crippen molar-refractivity contribution in [2.45, 2.75) is 26.9 Å². The number of carbonyl (C=O) groups excluding carboxylic acids is 1. The molecule has 1 saturated heterocycles. The molecule has 3 rings (SSSR count). The lowest BCUT2D eigenvalue weighted by Crippen LogP contribution is -2.35. The van der Waals surface area contributed by atoms with Gasteiger partial charge in [0.2, 0.25) is 11.7 Å². The van der Waals surface area contributed by atoms with E-state index in [2.05, 4.69) is 10.1 Å². The normalized spacial score (nSPS) is 19.8. The van der Waals surface area contributed by atoms with Crippen LogP contribution in [0.3, 0.4) is 0 Å². The first-order chi connectivity index (χ1) is 11.9. The minimum absolute atomic E-state index is 0.0779. The van der Waals surface area contributed by atoms with Gasteiger partial charge in [-0.25, -0.2) is 0 Å². The fourth-order valence-electron chi connectivity index (χ4n) is 2.79. The van der Waals surface area contributed by atoms with Crippen LogP contribution in [0.25, 0.3) is 0 Å². The molecule has 0 saturated carbocycles. The number of aromatic nitrogens is 2. The van der Waals surface area contributed by atoms with E-state index >= 15 is 0 Å². The molecule has 1 atom stereocenters. The van der Waals surface area contributed by atoms with E-state index in [0.717, 1.165) is 0 Å². The quantitative estimate of drug-likeness (QED) is 0.882. The number of likely N-dealkylation sites (tertiary alicyclic amines) is 1. The van der Waals surface area contributed by atoms with Crippen LogP contribution in [0.15, 0.2) is 28.8 Å². The highest BCUT2D eigenvalue weighted by Gasteiger charge is 2.42. The lowest BCUT2D eigenvalue weighted by atomic mass is 9.90. The van der Waals surface area contributed by atoms with E-state index in [1.54, 1.807) is 43.0 Å². The molecule has 1 N–H and O–H groups in total. The van der Waals surface area contributed by atoms with Gasteiger partial charge in [-0.3, -0.25) is 9.59 Å². The van der Waals surface area contributed by atoms with Crippen LogP contribution >= 0.6 is 0 Å². The first-order valence-corrected chi connectivity index (χ1v) is 7.93. The molecule has 0 bridgehead atoms. The molecule has 25 heavy (non-hydrogen) atoms. The predicted molar refractivity (Wildman–Crippen MR) is 86.1 cm³/mol. The summed E-state index contributed by atoms with van der Waals surface area (Å²) in [6, 6.07) is 6.85. The Balaban J connectivity index is 1.74. The maximum absolute atomic E-state index is 12.8. The SMILES string of the molecule is Cc1nc(COc2ccccc2C(=O)N2CC[C@@](C)(C(=O)O)C2)no1. The van der Waals surface area contributed by atoms with Crippen molar-refractivity contribution in [3.05, 3.63) is 41.5 Å². The highest BCUT2D eigenvalue weighted by molar-refractivity contribution is 5.97. The average Bonchev–Trinajstić information content (AvgIpc) is 3.19. The van der Waals surface area contributed by atoms with E-state index in [1.165, 1.54) is 0 Å². The monoisotopic (exact) mass is 345 g/mol. The summed E-state index contributed by atoms with van der Waals surface area (Å²) in [5, 5.41) is 13.1. The lowest BCUT2D eigenvalue weighted by molar-refractivity contribution is -0.147. The molecule has 132 valence electrons. The van der Waals surface area contributed by atoms with Gasteiger partial charge in [-0.05, 0) is 25.5 Å². The second kappa shape index (κ2) is 6.54. The number of benzene rings is 1. The summed E-state index contributed by atoms with van der Waals surface area (Å²) >= 11 is 0. The summed E-state index contributed by atoms with van der Waals surface area (Å²) in [4.78, 5) is 29.8. The number of hydrogen-bond donors (Lipinski definition) is 1. The van der Waals surface area contributed by atoms with Crippen LogP contribution in [0.4, 0.5) is 0 Å². The van der Waals surface area contributed by atoms with Gasteiger partial charge < -0.3 is 19.3 Å². The zero-order valence-electron chi connectivity index (χ0n) is 14.1. The van der Waals surface area contributed by atoms with Crippen LogP contribution in [0.1, 0.15) is 35.4 Å². The number of ether oxygens (including phenoxy) is 1. The number of nitrogens with zero attached hydrogens (tertiary/aromatic N) is 3. The van der Waals surface area contributed by atoms with Crippen molar-refractivity contribution in [1.29, 1.82) is 0 Å². The molecule has 8 nitrogen and oxygen atoms in total. The molecular weight excluding hydrogens is 326 g/mol. The Hall–Kier alpha value is -2.90. The van der Waals surface area contributed by atoms with Crippen molar-refractivity contribution in [2.24, 2.45) is 5.41 Å². The van der Waals surface area contributed by atoms with Crippen LogP contribution < -0.4 is 4.74 Å². The average molecular weight is 345 g/mol. The second-order valence-corrected chi connectivity index (χ2v) is 6.36. The van der Waals surface area contributed by atoms with Gasteiger partial charge in [0, 0.05) is 20.0 Å². The van der Waals surface area contributed by atoms with E-state index in [0.29, 0.717) is 36.0 Å². The summed E-state index contributed by atoms with van der Waals surface area (Å²) in [5.41, 5.74) is -0.523. The lowest BCUT2D eigenvalue weighted by Gasteiger charge is -2.21. The minimum Gasteiger partial charge on any atom is -0.485 e. The molecule has 1 aliphatic rings. The second-order valence-electron chi connectivity index (χ2n) is 6.36. The summed E-state index contributed by atoms with van der Waals surface area (Å²) in [6.07, 6.45) is 0.430. The molecule has 1 aromatic heterocycles. The topological polar surface area (TPSA) is 106 Å². The molecule has 0 radical (unpaired) electrons. The number of hydrogen-bond acceptors (Lipinski definition) is 6. The van der Waals surface area contributed by atoms with Crippen molar-refractivity contribution >= 4 is 11.9 Å². The third-order valence-electron chi connectivity index (χ3n) is 4.32. The third-order valence-corrected chi connectivity index (χ3v) is 4.32. The fourth-order valence-corrected chi connectivity index (χ4v) is 2.79. The number of para-hydroxylation sites is 1. The van der Waals surface area contributed by atoms with E-state index < -0.39 is 11.4 Å². The smallest absolute Gasteiger partial charge is 0.311 e. The highest BCUT2D eigenvalue weighted by Crippen LogP contribution is 2.32. The molecular formula is C17H19N3O5. The Morgan fingerprint density at radius 3 is 2.80 bits per heavy atom. The van der Waals surface area contributed by atoms with Crippen molar-refractivity contribution in [1.82, 2.24) is 15.0 Å². The molecule has 1 fully saturated rings. The van der Waals surface area contributed by atoms with Crippen molar-refractivity contribution in [2.75, 3.05) is 13.1 Å². The van der Waals surface area contributed by atoms with Crippen LogP contribution in [0.5, 0.6) is 5.75 Å². The molecule has 0 spiro atoms. The molecule has 2 aromatic rings. The van der Waals surface area contributed by atoms with Crippen LogP contribution in [-0.4, -0.2) is 45.1 Å². The van der Waals surface area contributed by atoms with E-state index in [1.807, 2.05) is 0 Å². The number of aliphatic carboxylic acids is 1. The number of rotatable bonds is 5. The number of carboxylic acid groups (broad SMARTS) is 1. The first kappa shape index (κ1) is 16.9. The molecule has 1 aromatic carbocycles. The van der Waals surface area contributed by atoms with Gasteiger partial charge in [0.1, 0.15) is 5.75 Å². The van der Waals surface area contributed by atoms with Crippen molar-refractivity contribution in [3.8, 4) is 5.75 Å². The van der Waals surface area contributed by atoms with Gasteiger partial charge in [0.15, 0.2) is 6.61 Å². The third kappa shape index (κ3) is 3.47. The van der Waals surface area contributed by atoms with Gasteiger partial charge in [-0.2, -0.15) is 4.98 Å². The molecule has 8 heteroatoms. The summed E-state index contributed by atoms with van der Waals surface area (Å²) < 4.78 is 10.6. The Bertz CT molecular complexity index is 803. The summed E-state index contributed by atoms with van der Waals surface area (Å²) in [7, 11) is 0. The zero-order valence-corrected chi connectivity index (χ0v) is 14.1. The van der Waals surface area contributed by atoms with Crippen LogP contribution in [-0.2, 0) is 11.4 Å². The number of carbonyl (C=O) groups is 2. The molecule has 1 amide bonds. The van der Waals surface area contributed by atoms with Gasteiger partial charge in [-0.1, -0.05) is 17.3 Å². The van der Waals surface area contributed by atoms with Gasteiger partial charge in [0.25, 0.3) is 5.91 Å². The van der Waals surface area contributed by atoms with Gasteiger partial charge >= 0.3 is 5.97 Å². The van der Waals surface area contributed by atoms with Gasteiger partial charge in [-0.15, -0.1) is 0 Å². The minimum atomic E-state index is -0.909. The Morgan fingerprint density at radius 1 is 1.40 bits per heavy atom. The maximum Gasteiger partial charge on any atom is 0.311 e. The summed E-state index contributed by atoms with van der Waals surface area (Å²) in [6.45, 7) is 4.00. The van der Waals surface area contributed by atoms with Gasteiger partial charge in [0.05, 0.1) is 11.0 Å². The largest absolute Gasteiger partial charge is 0.485 e. The standard InChI is InChI=1S/C17H19N3O5/c1-11-18-14(19-25-11)9-24-13-6-4-3-5-12(13)15(21)20-8-7-17(2,10-20)16(22)23/h3-6H,7-10H2,1-2H3,(H,22,23)/t17-/m1/s1. The van der Waals surface area contributed by atoms with E-state index in [9.17, 15) is 14.7 Å². The Labute approximate surface area is 144 Å². The number of carboxylic acids is 1. The highest BCUT2D eigenvalue weighted by atomic mass is 16.5. The maximum atomic E-state index is 12.8. The zero-order chi connectivity index (χ0) is 18.0. The first-order valence-electron chi connectivity index (χ1n) is 7.93. The number of aryl methyl sites for hydroxylation is 1. The molecule has 2 heterocycles. The Morgan fingerprint density at radius 2 is 2.16 bits per heavy atom. The molecule has 0 aliphatic carbocycles. The van der Waals surface area contributed by atoms with Crippen LogP contribution in [0.2, 0.25) is 0 Å². The number of amides is 1. The van der Waals surface area contributed by atoms with E-state index in [-0.39, 0.29) is 19.1 Å². The molecule has 1 aliphatic heterocycles. The Kier molecular flexibility index (Phi) is 4.43. The summed E-state index contributed by atoms with van der Waals surface area (Å²) in [5.74, 6) is 0.0934. The van der Waals surface area contributed by atoms with Crippen LogP contribution in [0, 0.1) is 12.3 Å². The van der Waals surface area contributed by atoms with Crippen molar-refractivity contribution in [3.63, 3.8) is 0 Å².